The fourth-order valence-electron chi connectivity index (χ4n) is 3.79. The summed E-state index contributed by atoms with van der Waals surface area (Å²) in [5, 5.41) is 4.24. The van der Waals surface area contributed by atoms with Crippen molar-refractivity contribution in [2.75, 3.05) is 13.7 Å². The van der Waals surface area contributed by atoms with Gasteiger partial charge in [0.1, 0.15) is 0 Å². The second-order valence-electron chi connectivity index (χ2n) is 6.75. The van der Waals surface area contributed by atoms with Crippen molar-refractivity contribution in [3.8, 4) is 11.5 Å². The SMILES string of the molecule is COc1cccc2c1O[C@@]1(C)C[C@@H]2NC(=S)N1CCc1ccccc1. The average Bonchev–Trinajstić information content (AvgIpc) is 2.61. The number of hydrogen-bond donors (Lipinski definition) is 1. The minimum Gasteiger partial charge on any atom is -0.493 e. The molecule has 4 rings (SSSR count). The molecule has 2 heterocycles. The molecule has 5 heteroatoms. The van der Waals surface area contributed by atoms with Crippen molar-refractivity contribution in [3.05, 3.63) is 59.7 Å². The van der Waals surface area contributed by atoms with E-state index in [0.29, 0.717) is 0 Å². The zero-order valence-electron chi connectivity index (χ0n) is 14.5. The Hall–Kier alpha value is -2.27. The van der Waals surface area contributed by atoms with Crippen LogP contribution in [0, 0.1) is 0 Å². The van der Waals surface area contributed by atoms with Gasteiger partial charge in [0.25, 0.3) is 0 Å². The first-order valence-corrected chi connectivity index (χ1v) is 8.99. The van der Waals surface area contributed by atoms with Gasteiger partial charge in [-0.3, -0.25) is 0 Å². The van der Waals surface area contributed by atoms with Crippen LogP contribution in [0.2, 0.25) is 0 Å². The molecule has 2 aliphatic heterocycles. The molecule has 2 aromatic carbocycles. The maximum absolute atomic E-state index is 6.46. The van der Waals surface area contributed by atoms with Gasteiger partial charge in [-0.05, 0) is 37.2 Å². The molecule has 0 amide bonds. The van der Waals surface area contributed by atoms with Gasteiger partial charge >= 0.3 is 0 Å². The monoisotopic (exact) mass is 354 g/mol. The van der Waals surface area contributed by atoms with Gasteiger partial charge in [0.2, 0.25) is 0 Å². The molecule has 1 fully saturated rings. The van der Waals surface area contributed by atoms with Gasteiger partial charge < -0.3 is 19.7 Å². The van der Waals surface area contributed by atoms with Crippen molar-refractivity contribution in [2.24, 2.45) is 0 Å². The number of nitrogens with one attached hydrogen (secondary N) is 1. The second kappa shape index (κ2) is 6.23. The molecule has 130 valence electrons. The molecule has 0 saturated carbocycles. The lowest BCUT2D eigenvalue weighted by molar-refractivity contribution is -0.0690. The van der Waals surface area contributed by atoms with Gasteiger partial charge in [0, 0.05) is 18.5 Å². The predicted molar refractivity (Wildman–Crippen MR) is 102 cm³/mol. The Morgan fingerprint density at radius 2 is 2.04 bits per heavy atom. The van der Waals surface area contributed by atoms with Crippen LogP contribution < -0.4 is 14.8 Å². The molecular weight excluding hydrogens is 332 g/mol. The lowest BCUT2D eigenvalue weighted by atomic mass is 9.90. The fourth-order valence-corrected chi connectivity index (χ4v) is 4.21. The van der Waals surface area contributed by atoms with Gasteiger partial charge in [0.15, 0.2) is 22.3 Å². The van der Waals surface area contributed by atoms with E-state index in [4.69, 9.17) is 21.7 Å². The van der Waals surface area contributed by atoms with Gasteiger partial charge in [0.05, 0.1) is 13.2 Å². The Bertz CT molecular complexity index is 796. The molecule has 0 aromatic heterocycles. The zero-order chi connectivity index (χ0) is 17.4. The number of fused-ring (bicyclic) bond motifs is 4. The van der Waals surface area contributed by atoms with Crippen molar-refractivity contribution < 1.29 is 9.47 Å². The van der Waals surface area contributed by atoms with E-state index in [1.807, 2.05) is 18.2 Å². The Kier molecular flexibility index (Phi) is 4.04. The van der Waals surface area contributed by atoms with E-state index < -0.39 is 5.72 Å². The number of ether oxygens (including phenoxy) is 2. The highest BCUT2D eigenvalue weighted by atomic mass is 32.1. The molecule has 0 spiro atoms. The Balaban J connectivity index is 1.62. The van der Waals surface area contributed by atoms with Crippen molar-refractivity contribution in [1.82, 2.24) is 10.2 Å². The lowest BCUT2D eigenvalue weighted by Gasteiger charge is -2.52. The Labute approximate surface area is 153 Å². The normalized spacial score (nSPS) is 24.2. The molecule has 4 nitrogen and oxygen atoms in total. The van der Waals surface area contributed by atoms with E-state index in [-0.39, 0.29) is 6.04 Å². The molecule has 1 saturated heterocycles. The van der Waals surface area contributed by atoms with Crippen LogP contribution in [0.5, 0.6) is 11.5 Å². The maximum Gasteiger partial charge on any atom is 0.184 e. The topological polar surface area (TPSA) is 33.7 Å². The zero-order valence-corrected chi connectivity index (χ0v) is 15.3. The second-order valence-corrected chi connectivity index (χ2v) is 7.14. The molecule has 25 heavy (non-hydrogen) atoms. The summed E-state index contributed by atoms with van der Waals surface area (Å²) in [6.45, 7) is 2.93. The van der Waals surface area contributed by atoms with Crippen LogP contribution in [-0.2, 0) is 6.42 Å². The smallest absolute Gasteiger partial charge is 0.184 e. The summed E-state index contributed by atoms with van der Waals surface area (Å²) in [6.07, 6.45) is 1.77. The first kappa shape index (κ1) is 16.2. The quantitative estimate of drug-likeness (QED) is 0.848. The number of nitrogens with zero attached hydrogens (tertiary/aromatic N) is 1. The number of hydrogen-bond acceptors (Lipinski definition) is 3. The highest BCUT2D eigenvalue weighted by molar-refractivity contribution is 7.80. The number of para-hydroxylation sites is 1. The summed E-state index contributed by atoms with van der Waals surface area (Å²) in [7, 11) is 1.68. The lowest BCUT2D eigenvalue weighted by Crippen LogP contribution is -2.64. The van der Waals surface area contributed by atoms with Crippen LogP contribution in [-0.4, -0.2) is 29.4 Å². The number of benzene rings is 2. The summed E-state index contributed by atoms with van der Waals surface area (Å²) >= 11 is 5.66. The maximum atomic E-state index is 6.46. The fraction of sp³-hybridized carbons (Fsp3) is 0.350. The Morgan fingerprint density at radius 1 is 1.24 bits per heavy atom. The van der Waals surface area contributed by atoms with Crippen molar-refractivity contribution >= 4 is 17.3 Å². The van der Waals surface area contributed by atoms with Gasteiger partial charge in [-0.15, -0.1) is 0 Å². The summed E-state index contributed by atoms with van der Waals surface area (Å²) in [5.74, 6) is 1.59. The van der Waals surface area contributed by atoms with Crippen molar-refractivity contribution in [3.63, 3.8) is 0 Å². The van der Waals surface area contributed by atoms with Crippen molar-refractivity contribution in [1.29, 1.82) is 0 Å². The van der Waals surface area contributed by atoms with Crippen molar-refractivity contribution in [2.45, 2.75) is 31.5 Å². The van der Waals surface area contributed by atoms with Crippen LogP contribution in [0.25, 0.3) is 0 Å². The van der Waals surface area contributed by atoms with E-state index in [2.05, 4.69) is 47.5 Å². The molecule has 1 N–H and O–H groups in total. The average molecular weight is 354 g/mol. The van der Waals surface area contributed by atoms with Crippen LogP contribution in [0.4, 0.5) is 0 Å². The van der Waals surface area contributed by atoms with E-state index >= 15 is 0 Å². The predicted octanol–water partition coefficient (Wildman–Crippen LogP) is 3.67. The Morgan fingerprint density at radius 3 is 2.80 bits per heavy atom. The number of thiocarbonyl (C=S) groups is 1. The first-order chi connectivity index (χ1) is 12.1. The summed E-state index contributed by atoms with van der Waals surface area (Å²) < 4.78 is 12.0. The standard InChI is InChI=1S/C20H22N2O2S/c1-20-13-16(15-9-6-10-17(23-2)18(15)24-20)21-19(25)22(20)12-11-14-7-4-3-5-8-14/h3-10,16H,11-13H2,1-2H3,(H,21,25)/t16-,20-/m0/s1. The van der Waals surface area contributed by atoms with E-state index in [9.17, 15) is 0 Å². The summed E-state index contributed by atoms with van der Waals surface area (Å²) in [6, 6.07) is 16.6. The highest BCUT2D eigenvalue weighted by Crippen LogP contribution is 2.47. The van der Waals surface area contributed by atoms with E-state index in [1.54, 1.807) is 7.11 Å². The molecule has 2 aromatic rings. The molecule has 2 bridgehead atoms. The number of rotatable bonds is 4. The first-order valence-electron chi connectivity index (χ1n) is 8.59. The molecular formula is C20H22N2O2S. The molecule has 0 aliphatic carbocycles. The van der Waals surface area contributed by atoms with E-state index in [0.717, 1.165) is 41.6 Å². The minimum atomic E-state index is -0.469. The largest absolute Gasteiger partial charge is 0.493 e. The molecule has 2 aliphatic rings. The third-order valence-corrected chi connectivity index (χ3v) is 5.43. The highest BCUT2D eigenvalue weighted by Gasteiger charge is 2.48. The van der Waals surface area contributed by atoms with Gasteiger partial charge in [-0.1, -0.05) is 42.5 Å². The molecule has 0 unspecified atom stereocenters. The third-order valence-electron chi connectivity index (χ3n) is 5.09. The third kappa shape index (κ3) is 2.82. The van der Waals surface area contributed by atoms with Crippen LogP contribution in [0.15, 0.2) is 48.5 Å². The van der Waals surface area contributed by atoms with Gasteiger partial charge in [-0.2, -0.15) is 0 Å². The van der Waals surface area contributed by atoms with Crippen LogP contribution in [0.3, 0.4) is 0 Å². The van der Waals surface area contributed by atoms with Crippen LogP contribution in [0.1, 0.15) is 30.5 Å². The van der Waals surface area contributed by atoms with Gasteiger partial charge in [-0.25, -0.2) is 0 Å². The summed E-state index contributed by atoms with van der Waals surface area (Å²) in [4.78, 5) is 2.17. The number of methoxy groups -OCH3 is 1. The molecule has 0 radical (unpaired) electrons. The minimum absolute atomic E-state index is 0.157. The van der Waals surface area contributed by atoms with Crippen LogP contribution >= 0.6 is 12.2 Å². The molecule has 2 atom stereocenters. The summed E-state index contributed by atoms with van der Waals surface area (Å²) in [5.41, 5.74) is 1.94. The van der Waals surface area contributed by atoms with E-state index in [1.165, 1.54) is 5.56 Å².